The standard InChI is InChI=1S/C7H6O.C3H6O2.C3H4O/c8-6-7-4-2-1-3-5-7;1-2-3(4)5;1-2-3-4/h1-6H;2H2,1H3,(H,4,5);2-3H,1H2. The van der Waals surface area contributed by atoms with Crippen LogP contribution >= 0.6 is 0 Å². The van der Waals surface area contributed by atoms with E-state index >= 15 is 0 Å². The van der Waals surface area contributed by atoms with E-state index in [4.69, 9.17) is 9.90 Å². The molecular weight excluding hydrogens is 220 g/mol. The van der Waals surface area contributed by atoms with Crippen LogP contribution in [0.1, 0.15) is 23.7 Å². The van der Waals surface area contributed by atoms with Gasteiger partial charge >= 0.3 is 5.97 Å². The van der Waals surface area contributed by atoms with Gasteiger partial charge in [0.25, 0.3) is 0 Å². The van der Waals surface area contributed by atoms with Crippen molar-refractivity contribution in [1.82, 2.24) is 0 Å². The van der Waals surface area contributed by atoms with E-state index in [2.05, 4.69) is 6.58 Å². The number of allylic oxidation sites excluding steroid dienone is 1. The van der Waals surface area contributed by atoms with Gasteiger partial charge in [-0.15, -0.1) is 0 Å². The third-order valence-electron chi connectivity index (χ3n) is 1.33. The van der Waals surface area contributed by atoms with Gasteiger partial charge in [0.2, 0.25) is 0 Å². The highest BCUT2D eigenvalue weighted by molar-refractivity contribution is 5.74. The third kappa shape index (κ3) is 16.4. The maximum atomic E-state index is 10.0. The summed E-state index contributed by atoms with van der Waals surface area (Å²) < 4.78 is 0. The van der Waals surface area contributed by atoms with Crippen molar-refractivity contribution in [1.29, 1.82) is 0 Å². The van der Waals surface area contributed by atoms with Gasteiger partial charge in [-0.3, -0.25) is 14.4 Å². The van der Waals surface area contributed by atoms with Crippen molar-refractivity contribution in [2.75, 3.05) is 0 Å². The number of carboxylic acids is 1. The number of rotatable bonds is 3. The van der Waals surface area contributed by atoms with Crippen LogP contribution in [0, 0.1) is 0 Å². The molecule has 1 aromatic rings. The first kappa shape index (κ1) is 17.2. The zero-order valence-corrected chi connectivity index (χ0v) is 9.70. The van der Waals surface area contributed by atoms with E-state index in [1.807, 2.05) is 18.2 Å². The number of hydrogen-bond acceptors (Lipinski definition) is 3. The molecule has 1 aromatic carbocycles. The molecule has 0 aliphatic carbocycles. The van der Waals surface area contributed by atoms with Gasteiger partial charge < -0.3 is 5.11 Å². The molecule has 0 amide bonds. The maximum Gasteiger partial charge on any atom is 0.303 e. The Morgan fingerprint density at radius 1 is 1.29 bits per heavy atom. The lowest BCUT2D eigenvalue weighted by molar-refractivity contribution is -0.136. The molecule has 0 spiro atoms. The first-order chi connectivity index (χ1) is 8.12. The van der Waals surface area contributed by atoms with E-state index < -0.39 is 5.97 Å². The molecule has 0 heterocycles. The Kier molecular flexibility index (Phi) is 13.9. The molecule has 1 N–H and O–H groups in total. The second-order valence-corrected chi connectivity index (χ2v) is 2.65. The van der Waals surface area contributed by atoms with E-state index in [9.17, 15) is 9.59 Å². The highest BCUT2D eigenvalue weighted by Gasteiger charge is 1.81. The Hall–Kier alpha value is -2.23. The summed E-state index contributed by atoms with van der Waals surface area (Å²) in [7, 11) is 0. The second-order valence-electron chi connectivity index (χ2n) is 2.65. The number of aldehydes is 2. The van der Waals surface area contributed by atoms with Crippen molar-refractivity contribution in [3.05, 3.63) is 48.6 Å². The van der Waals surface area contributed by atoms with Gasteiger partial charge in [-0.05, 0) is 6.08 Å². The Morgan fingerprint density at radius 2 is 1.71 bits per heavy atom. The zero-order valence-electron chi connectivity index (χ0n) is 9.70. The maximum absolute atomic E-state index is 10.0. The van der Waals surface area contributed by atoms with Crippen molar-refractivity contribution in [2.24, 2.45) is 0 Å². The molecule has 1 rings (SSSR count). The van der Waals surface area contributed by atoms with Crippen LogP contribution in [0.4, 0.5) is 0 Å². The Labute approximate surface area is 101 Å². The molecule has 4 nitrogen and oxygen atoms in total. The summed E-state index contributed by atoms with van der Waals surface area (Å²) in [5, 5.41) is 7.72. The largest absolute Gasteiger partial charge is 0.481 e. The number of hydrogen-bond donors (Lipinski definition) is 1. The fourth-order valence-electron chi connectivity index (χ4n) is 0.532. The minimum absolute atomic E-state index is 0.222. The molecule has 0 bridgehead atoms. The summed E-state index contributed by atoms with van der Waals surface area (Å²) in [6.07, 6.45) is 2.89. The molecule has 0 fully saturated rings. The summed E-state index contributed by atoms with van der Waals surface area (Å²) in [6, 6.07) is 9.10. The molecule has 0 radical (unpaired) electrons. The summed E-state index contributed by atoms with van der Waals surface area (Å²) in [5.41, 5.74) is 0.729. The van der Waals surface area contributed by atoms with E-state index in [-0.39, 0.29) is 6.42 Å². The fourth-order valence-corrected chi connectivity index (χ4v) is 0.532. The van der Waals surface area contributed by atoms with Gasteiger partial charge in [0.1, 0.15) is 12.6 Å². The predicted octanol–water partition coefficient (Wildman–Crippen LogP) is 2.35. The number of carbonyl (C=O) groups excluding carboxylic acids is 2. The average Bonchev–Trinajstić information content (AvgIpc) is 2.40. The van der Waals surface area contributed by atoms with Gasteiger partial charge in [0.15, 0.2) is 0 Å². The molecular formula is C13H16O4. The molecule has 0 unspecified atom stereocenters. The van der Waals surface area contributed by atoms with Crippen LogP contribution in [0.25, 0.3) is 0 Å². The van der Waals surface area contributed by atoms with E-state index in [1.165, 1.54) is 6.08 Å². The lowest BCUT2D eigenvalue weighted by Gasteiger charge is -1.81. The predicted molar refractivity (Wildman–Crippen MR) is 66.0 cm³/mol. The van der Waals surface area contributed by atoms with Crippen LogP contribution in [0.15, 0.2) is 43.0 Å². The van der Waals surface area contributed by atoms with Crippen LogP contribution in [0.3, 0.4) is 0 Å². The highest BCUT2D eigenvalue weighted by Crippen LogP contribution is 1.91. The molecule has 0 aliphatic heterocycles. The van der Waals surface area contributed by atoms with Gasteiger partial charge in [-0.1, -0.05) is 43.8 Å². The normalized spacial score (nSPS) is 7.35. The average molecular weight is 236 g/mol. The quantitative estimate of drug-likeness (QED) is 0.646. The molecule has 0 atom stereocenters. The molecule has 0 aromatic heterocycles. The topological polar surface area (TPSA) is 71.4 Å². The van der Waals surface area contributed by atoms with Crippen LogP contribution in [-0.2, 0) is 9.59 Å². The van der Waals surface area contributed by atoms with E-state index in [0.717, 1.165) is 11.8 Å². The number of carbonyl (C=O) groups is 3. The number of benzene rings is 1. The molecule has 0 saturated carbocycles. The van der Waals surface area contributed by atoms with Gasteiger partial charge in [0.05, 0.1) is 0 Å². The number of aliphatic carboxylic acids is 1. The SMILES string of the molecule is C=CC=O.CCC(=O)O.O=Cc1ccccc1. The molecule has 17 heavy (non-hydrogen) atoms. The fraction of sp³-hybridized carbons (Fsp3) is 0.154. The van der Waals surface area contributed by atoms with Crippen molar-refractivity contribution in [3.63, 3.8) is 0 Å². The molecule has 0 aliphatic rings. The first-order valence-electron chi connectivity index (χ1n) is 4.90. The second kappa shape index (κ2) is 13.8. The van der Waals surface area contributed by atoms with Gasteiger partial charge in [-0.25, -0.2) is 0 Å². The van der Waals surface area contributed by atoms with Crippen LogP contribution in [0.2, 0.25) is 0 Å². The molecule has 92 valence electrons. The van der Waals surface area contributed by atoms with Crippen LogP contribution < -0.4 is 0 Å². The van der Waals surface area contributed by atoms with Crippen molar-refractivity contribution < 1.29 is 19.5 Å². The van der Waals surface area contributed by atoms with Crippen molar-refractivity contribution in [3.8, 4) is 0 Å². The van der Waals surface area contributed by atoms with Crippen LogP contribution in [-0.4, -0.2) is 23.6 Å². The Balaban J connectivity index is 0. The summed E-state index contributed by atoms with van der Waals surface area (Å²) in [4.78, 5) is 28.4. The Bertz CT molecular complexity index is 325. The van der Waals surface area contributed by atoms with Gasteiger partial charge in [-0.2, -0.15) is 0 Å². The summed E-state index contributed by atoms with van der Waals surface area (Å²) in [6.45, 7) is 4.71. The highest BCUT2D eigenvalue weighted by atomic mass is 16.4. The monoisotopic (exact) mass is 236 g/mol. The summed E-state index contributed by atoms with van der Waals surface area (Å²) in [5.74, 6) is -0.745. The minimum Gasteiger partial charge on any atom is -0.481 e. The number of carboxylic acid groups (broad SMARTS) is 1. The lowest BCUT2D eigenvalue weighted by atomic mass is 10.2. The van der Waals surface area contributed by atoms with E-state index in [0.29, 0.717) is 6.29 Å². The van der Waals surface area contributed by atoms with E-state index in [1.54, 1.807) is 19.1 Å². The first-order valence-corrected chi connectivity index (χ1v) is 4.90. The smallest absolute Gasteiger partial charge is 0.303 e. The summed E-state index contributed by atoms with van der Waals surface area (Å²) >= 11 is 0. The third-order valence-corrected chi connectivity index (χ3v) is 1.33. The van der Waals surface area contributed by atoms with Crippen molar-refractivity contribution >= 4 is 18.5 Å². The zero-order chi connectivity index (χ0) is 13.5. The lowest BCUT2D eigenvalue weighted by Crippen LogP contribution is -1.86. The van der Waals surface area contributed by atoms with Gasteiger partial charge in [0, 0.05) is 12.0 Å². The van der Waals surface area contributed by atoms with Crippen LogP contribution in [0.5, 0.6) is 0 Å². The molecule has 0 saturated heterocycles. The van der Waals surface area contributed by atoms with Crippen molar-refractivity contribution in [2.45, 2.75) is 13.3 Å². The molecule has 4 heteroatoms. The Morgan fingerprint density at radius 3 is 1.88 bits per heavy atom. The minimum atomic E-state index is -0.745.